The second kappa shape index (κ2) is 9.77. The van der Waals surface area contributed by atoms with Crippen molar-refractivity contribution in [2.45, 2.75) is 26.2 Å². The van der Waals surface area contributed by atoms with Crippen molar-refractivity contribution in [2.75, 3.05) is 29.4 Å². The Morgan fingerprint density at radius 3 is 2.51 bits per heavy atom. The van der Waals surface area contributed by atoms with E-state index in [2.05, 4.69) is 20.0 Å². The van der Waals surface area contributed by atoms with Crippen LogP contribution in [-0.2, 0) is 4.79 Å². The van der Waals surface area contributed by atoms with E-state index < -0.39 is 0 Å². The highest BCUT2D eigenvalue weighted by Crippen LogP contribution is 2.35. The quantitative estimate of drug-likeness (QED) is 0.379. The molecule has 0 bridgehead atoms. The molecular formula is C26H25F2N5O2. The predicted octanol–water partition coefficient (Wildman–Crippen LogP) is 5.22. The van der Waals surface area contributed by atoms with Crippen LogP contribution in [0.5, 0.6) is 0 Å². The molecule has 0 unspecified atom stereocenters. The first kappa shape index (κ1) is 22.9. The fourth-order valence-electron chi connectivity index (χ4n) is 4.62. The predicted molar refractivity (Wildman–Crippen MR) is 129 cm³/mol. The van der Waals surface area contributed by atoms with Gasteiger partial charge in [-0.05, 0) is 67.8 Å². The lowest BCUT2D eigenvalue weighted by molar-refractivity contribution is -0.122. The van der Waals surface area contributed by atoms with Crippen molar-refractivity contribution in [3.8, 4) is 11.3 Å². The minimum Gasteiger partial charge on any atom is -0.355 e. The second-order valence-corrected chi connectivity index (χ2v) is 8.67. The van der Waals surface area contributed by atoms with E-state index in [0.29, 0.717) is 53.5 Å². The Hall–Kier alpha value is -3.88. The summed E-state index contributed by atoms with van der Waals surface area (Å²) in [6, 6.07) is 12.0. The third kappa shape index (κ3) is 4.58. The lowest BCUT2D eigenvalue weighted by atomic mass is 9.95. The van der Waals surface area contributed by atoms with Gasteiger partial charge in [0.2, 0.25) is 5.91 Å². The zero-order chi connectivity index (χ0) is 24.4. The van der Waals surface area contributed by atoms with E-state index in [1.807, 2.05) is 6.92 Å². The van der Waals surface area contributed by atoms with E-state index in [1.165, 1.54) is 30.6 Å². The van der Waals surface area contributed by atoms with Gasteiger partial charge in [-0.3, -0.25) is 4.79 Å². The zero-order valence-electron chi connectivity index (χ0n) is 19.3. The normalized spacial score (nSPS) is 16.0. The first-order chi connectivity index (χ1) is 17.0. The first-order valence-corrected chi connectivity index (χ1v) is 11.7. The number of hydrogen-bond donors (Lipinski definition) is 0. The lowest BCUT2D eigenvalue weighted by Gasteiger charge is -2.35. The number of aromatic nitrogens is 3. The van der Waals surface area contributed by atoms with Crippen LogP contribution in [0.25, 0.3) is 22.4 Å². The van der Waals surface area contributed by atoms with Crippen LogP contribution < -0.4 is 9.80 Å². The number of piperidine rings is 1. The van der Waals surface area contributed by atoms with Crippen LogP contribution in [0.2, 0.25) is 0 Å². The molecule has 2 aromatic heterocycles. The molecule has 0 N–H and O–H groups in total. The molecule has 0 saturated carbocycles. The highest BCUT2D eigenvalue weighted by Gasteiger charge is 2.32. The maximum absolute atomic E-state index is 13.6. The van der Waals surface area contributed by atoms with Crippen molar-refractivity contribution < 1.29 is 18.1 Å². The van der Waals surface area contributed by atoms with E-state index in [1.54, 1.807) is 29.2 Å². The summed E-state index contributed by atoms with van der Waals surface area (Å²) in [5.41, 5.74) is 2.25. The van der Waals surface area contributed by atoms with E-state index >= 15 is 0 Å². The van der Waals surface area contributed by atoms with Crippen molar-refractivity contribution in [1.29, 1.82) is 0 Å². The number of benzene rings is 2. The molecule has 0 spiro atoms. The molecule has 0 radical (unpaired) electrons. The van der Waals surface area contributed by atoms with Crippen molar-refractivity contribution in [3.05, 3.63) is 66.5 Å². The molecule has 1 aliphatic rings. The summed E-state index contributed by atoms with van der Waals surface area (Å²) in [7, 11) is 0. The number of hydrogen-bond acceptors (Lipinski definition) is 6. The molecular weight excluding hydrogens is 452 g/mol. The maximum atomic E-state index is 13.6. The van der Waals surface area contributed by atoms with Crippen molar-refractivity contribution >= 4 is 28.5 Å². The summed E-state index contributed by atoms with van der Waals surface area (Å²) in [5.74, 6) is -0.276. The zero-order valence-corrected chi connectivity index (χ0v) is 19.3. The standard InChI is InChI=1S/C26H25F2N5O2/c1-2-13-33(21-11-9-20(28)10-12-21)26(34)18-4-3-14-32(15-18)24-22-23(17-5-7-19(27)8-6-17)31-35-25(22)30-16-29-24/h5-12,16,18H,2-4,13-15H2,1H3/t18-/m1/s1. The topological polar surface area (TPSA) is 75.4 Å². The smallest absolute Gasteiger partial charge is 0.263 e. The van der Waals surface area contributed by atoms with Gasteiger partial charge in [0.15, 0.2) is 0 Å². The van der Waals surface area contributed by atoms with E-state index in [0.717, 1.165) is 19.3 Å². The van der Waals surface area contributed by atoms with Gasteiger partial charge < -0.3 is 14.3 Å². The molecule has 1 saturated heterocycles. The summed E-state index contributed by atoms with van der Waals surface area (Å²) in [4.78, 5) is 26.1. The monoisotopic (exact) mass is 477 g/mol. The van der Waals surface area contributed by atoms with Gasteiger partial charge in [0.05, 0.1) is 5.92 Å². The number of anilines is 2. The SMILES string of the molecule is CCCN(C(=O)[C@@H]1CCCN(c2ncnc3onc(-c4ccc(F)cc4)c23)C1)c1ccc(F)cc1. The van der Waals surface area contributed by atoms with Crippen LogP contribution in [0.3, 0.4) is 0 Å². The average molecular weight is 478 g/mol. The number of amides is 1. The number of rotatable bonds is 6. The minimum absolute atomic E-state index is 0.0116. The molecule has 9 heteroatoms. The number of carbonyl (C=O) groups excluding carboxylic acids is 1. The van der Waals surface area contributed by atoms with Gasteiger partial charge in [0.25, 0.3) is 5.71 Å². The number of nitrogens with zero attached hydrogens (tertiary/aromatic N) is 5. The van der Waals surface area contributed by atoms with Crippen molar-refractivity contribution in [2.24, 2.45) is 5.92 Å². The molecule has 0 aliphatic carbocycles. The Balaban J connectivity index is 1.45. The van der Waals surface area contributed by atoms with E-state index in [4.69, 9.17) is 4.52 Å². The van der Waals surface area contributed by atoms with Gasteiger partial charge >= 0.3 is 0 Å². The molecule has 1 amide bonds. The summed E-state index contributed by atoms with van der Waals surface area (Å²) in [6.45, 7) is 3.76. The van der Waals surface area contributed by atoms with Crippen LogP contribution in [-0.4, -0.2) is 40.7 Å². The number of halogens is 2. The second-order valence-electron chi connectivity index (χ2n) is 8.67. The third-order valence-corrected chi connectivity index (χ3v) is 6.29. The molecule has 180 valence electrons. The first-order valence-electron chi connectivity index (χ1n) is 11.7. The highest BCUT2D eigenvalue weighted by atomic mass is 19.1. The van der Waals surface area contributed by atoms with Crippen molar-refractivity contribution in [1.82, 2.24) is 15.1 Å². The molecule has 1 aliphatic heterocycles. The van der Waals surface area contributed by atoms with Crippen LogP contribution >= 0.6 is 0 Å². The third-order valence-electron chi connectivity index (χ3n) is 6.29. The van der Waals surface area contributed by atoms with Gasteiger partial charge in [0, 0.05) is 30.9 Å². The molecule has 1 atom stereocenters. The maximum Gasteiger partial charge on any atom is 0.263 e. The molecule has 4 aromatic rings. The Morgan fingerprint density at radius 1 is 1.09 bits per heavy atom. The fourth-order valence-corrected chi connectivity index (χ4v) is 4.62. The van der Waals surface area contributed by atoms with Gasteiger partial charge in [-0.15, -0.1) is 0 Å². The summed E-state index contributed by atoms with van der Waals surface area (Å²) < 4.78 is 32.4. The summed E-state index contributed by atoms with van der Waals surface area (Å²) in [5, 5.41) is 4.81. The minimum atomic E-state index is -0.340. The highest BCUT2D eigenvalue weighted by molar-refractivity contribution is 5.99. The van der Waals surface area contributed by atoms with Crippen molar-refractivity contribution in [3.63, 3.8) is 0 Å². The molecule has 35 heavy (non-hydrogen) atoms. The van der Waals surface area contributed by atoms with Gasteiger partial charge in [-0.2, -0.15) is 4.98 Å². The lowest BCUT2D eigenvalue weighted by Crippen LogP contribution is -2.45. The average Bonchev–Trinajstić information content (AvgIpc) is 3.32. The summed E-state index contributed by atoms with van der Waals surface area (Å²) in [6.07, 6.45) is 3.76. The van der Waals surface area contributed by atoms with Crippen LogP contribution in [0.15, 0.2) is 59.4 Å². The molecule has 3 heterocycles. The van der Waals surface area contributed by atoms with E-state index in [9.17, 15) is 13.6 Å². The van der Waals surface area contributed by atoms with Crippen LogP contribution in [0, 0.1) is 17.6 Å². The van der Waals surface area contributed by atoms with Crippen LogP contribution in [0.1, 0.15) is 26.2 Å². The molecule has 2 aromatic carbocycles. The van der Waals surface area contributed by atoms with E-state index in [-0.39, 0.29) is 23.5 Å². The number of carbonyl (C=O) groups is 1. The molecule has 7 nitrogen and oxygen atoms in total. The Morgan fingerprint density at radius 2 is 1.80 bits per heavy atom. The fraction of sp³-hybridized carbons (Fsp3) is 0.308. The molecule has 5 rings (SSSR count). The van der Waals surface area contributed by atoms with Gasteiger partial charge in [-0.1, -0.05) is 12.1 Å². The molecule has 1 fully saturated rings. The largest absolute Gasteiger partial charge is 0.355 e. The van der Waals surface area contributed by atoms with Gasteiger partial charge in [0.1, 0.15) is 34.9 Å². The van der Waals surface area contributed by atoms with Gasteiger partial charge in [-0.25, -0.2) is 13.8 Å². The summed E-state index contributed by atoms with van der Waals surface area (Å²) >= 11 is 0. The van der Waals surface area contributed by atoms with Crippen LogP contribution in [0.4, 0.5) is 20.3 Å². The Bertz CT molecular complexity index is 1320. The number of fused-ring (bicyclic) bond motifs is 1. The Kier molecular flexibility index (Phi) is 6.39. The Labute approximate surface area is 201 Å².